The van der Waals surface area contributed by atoms with Crippen LogP contribution >= 0.6 is 0 Å². The van der Waals surface area contributed by atoms with Gasteiger partial charge in [0.05, 0.1) is 34.0 Å². The van der Waals surface area contributed by atoms with E-state index in [4.69, 9.17) is 16.7 Å². The van der Waals surface area contributed by atoms with Gasteiger partial charge >= 0.3 is 18.4 Å². The predicted molar refractivity (Wildman–Crippen MR) is 218 cm³/mol. The number of hydrogen-bond donors (Lipinski definition) is 4. The van der Waals surface area contributed by atoms with Crippen molar-refractivity contribution in [3.05, 3.63) is 72.1 Å². The van der Waals surface area contributed by atoms with Crippen LogP contribution in [-0.2, 0) is 0 Å². The zero-order valence-electron chi connectivity index (χ0n) is 34.2. The minimum atomic E-state index is -4.47. The van der Waals surface area contributed by atoms with Gasteiger partial charge in [0.1, 0.15) is 12.1 Å². The molecular weight excluding hydrogens is 863 g/mol. The molecule has 0 spiro atoms. The SMILES string of the molecule is N#Cc1ccc(N2C[C@H](N)C[C@H](C(F)(F)F)C2)c2cccnc12.N#Cc1ccc(N2C[C@H](NC(=O)NCC3CC(F)(F)C3)C[C@H](C(F)(F)F)C2)c2cccnc12.NCC1CC(F)(F)C1. The maximum Gasteiger partial charge on any atom is 0.393 e. The van der Waals surface area contributed by atoms with Crippen LogP contribution < -0.4 is 31.9 Å². The van der Waals surface area contributed by atoms with E-state index < -0.39 is 54.1 Å². The maximum atomic E-state index is 13.7. The molecule has 2 saturated carbocycles. The molecule has 4 aliphatic rings. The quantitative estimate of drug-likeness (QED) is 0.140. The number of fused-ring (bicyclic) bond motifs is 2. The molecule has 2 aromatic heterocycles. The lowest BCUT2D eigenvalue weighted by atomic mass is 9.81. The molecule has 6 N–H and O–H groups in total. The Balaban J connectivity index is 0.000000189. The number of nitriles is 2. The summed E-state index contributed by atoms with van der Waals surface area (Å²) in [4.78, 5) is 23.8. The standard InChI is InChI=1S/C22H22F5N5O.C16H15F3N4.C5H9F2N/c23-21(24)7-13(8-21)10-30-20(33)31-16-6-15(22(25,26)27)11-32(12-16)18-4-3-14(9-28)19-17(18)2-1-5-29-19;17-16(18,19)11-6-12(21)9-23(8-11)14-4-3-10(7-20)15-13(14)2-1-5-22-15;6-5(7)1-4(2-5)3-8/h1-5,13,15-16H,6-8,10-12H2,(H2,30,31,33);1-5,11-12H,6,8-9,21H2;4H,1-3,8H2/t15-,16+;11-,12+;/m00./s1. The zero-order chi connectivity index (χ0) is 46.6. The lowest BCUT2D eigenvalue weighted by Gasteiger charge is -2.40. The van der Waals surface area contributed by atoms with E-state index in [0.717, 1.165) is 0 Å². The number of pyridine rings is 2. The number of anilines is 2. The van der Waals surface area contributed by atoms with E-state index in [2.05, 4.69) is 26.7 Å². The number of halogens is 10. The highest BCUT2D eigenvalue weighted by Gasteiger charge is 2.47. The van der Waals surface area contributed by atoms with Crippen molar-refractivity contribution in [2.45, 2.75) is 74.8 Å². The van der Waals surface area contributed by atoms with Crippen LogP contribution in [-0.4, -0.2) is 91.5 Å². The van der Waals surface area contributed by atoms with Crippen molar-refractivity contribution in [1.82, 2.24) is 20.6 Å². The molecule has 4 atom stereocenters. The predicted octanol–water partition coefficient (Wildman–Crippen LogP) is 8.02. The molecule has 4 aromatic rings. The van der Waals surface area contributed by atoms with Crippen molar-refractivity contribution in [1.29, 1.82) is 10.5 Å². The van der Waals surface area contributed by atoms with Crippen molar-refractivity contribution in [3.63, 3.8) is 0 Å². The Morgan fingerprint density at radius 2 is 1.19 bits per heavy atom. The van der Waals surface area contributed by atoms with Crippen molar-refractivity contribution >= 4 is 39.2 Å². The second-order valence-corrected chi connectivity index (χ2v) is 16.9. The van der Waals surface area contributed by atoms with Gasteiger partial charge in [-0.25, -0.2) is 22.4 Å². The van der Waals surface area contributed by atoms with Crippen molar-refractivity contribution in [3.8, 4) is 12.1 Å². The number of aromatic nitrogens is 2. The number of piperidine rings is 2. The zero-order valence-corrected chi connectivity index (χ0v) is 34.2. The smallest absolute Gasteiger partial charge is 0.369 e. The normalized spacial score (nSPS) is 23.2. The third kappa shape index (κ3) is 11.7. The molecule has 64 heavy (non-hydrogen) atoms. The van der Waals surface area contributed by atoms with Crippen LogP contribution in [0.5, 0.6) is 0 Å². The number of amides is 2. The highest BCUT2D eigenvalue weighted by Crippen LogP contribution is 2.43. The van der Waals surface area contributed by atoms with Crippen LogP contribution in [0, 0.1) is 46.3 Å². The molecule has 4 fully saturated rings. The van der Waals surface area contributed by atoms with Gasteiger partial charge in [-0.2, -0.15) is 36.9 Å². The Kier molecular flexibility index (Phi) is 14.3. The summed E-state index contributed by atoms with van der Waals surface area (Å²) < 4.78 is 130. The summed E-state index contributed by atoms with van der Waals surface area (Å²) in [6.45, 7) is 0.505. The second-order valence-electron chi connectivity index (χ2n) is 16.9. The van der Waals surface area contributed by atoms with Crippen molar-refractivity contribution in [2.75, 3.05) is 49.1 Å². The molecule has 2 amide bonds. The summed E-state index contributed by atoms with van der Waals surface area (Å²) in [6.07, 6.45) is -6.62. The fourth-order valence-corrected chi connectivity index (χ4v) is 8.61. The van der Waals surface area contributed by atoms with Gasteiger partial charge in [-0.1, -0.05) is 0 Å². The number of urea groups is 1. The van der Waals surface area contributed by atoms with Gasteiger partial charge in [0.25, 0.3) is 0 Å². The Morgan fingerprint density at radius 3 is 1.62 bits per heavy atom. The highest BCUT2D eigenvalue weighted by atomic mass is 19.4. The van der Waals surface area contributed by atoms with Crippen LogP contribution in [0.25, 0.3) is 21.8 Å². The van der Waals surface area contributed by atoms with E-state index in [1.54, 1.807) is 58.5 Å². The molecule has 2 aromatic carbocycles. The van der Waals surface area contributed by atoms with Crippen molar-refractivity contribution < 1.29 is 48.7 Å². The summed E-state index contributed by atoms with van der Waals surface area (Å²) >= 11 is 0. The van der Waals surface area contributed by atoms with Gasteiger partial charge in [0.2, 0.25) is 11.8 Å². The number of nitrogens with two attached hydrogens (primary N) is 2. The fourth-order valence-electron chi connectivity index (χ4n) is 8.61. The largest absolute Gasteiger partial charge is 0.393 e. The molecule has 0 radical (unpaired) electrons. The molecule has 2 aliphatic carbocycles. The maximum absolute atomic E-state index is 13.7. The fraction of sp³-hybridized carbons (Fsp3) is 0.512. The molecule has 0 unspecified atom stereocenters. The average molecular weight is 909 g/mol. The van der Waals surface area contributed by atoms with E-state index in [9.17, 15) is 54.0 Å². The first-order valence-corrected chi connectivity index (χ1v) is 20.5. The highest BCUT2D eigenvalue weighted by molar-refractivity contribution is 5.96. The minimum Gasteiger partial charge on any atom is -0.369 e. The van der Waals surface area contributed by atoms with Crippen LogP contribution in [0.4, 0.5) is 60.1 Å². The van der Waals surface area contributed by atoms with Gasteiger partial charge in [-0.3, -0.25) is 9.97 Å². The summed E-state index contributed by atoms with van der Waals surface area (Å²) in [5.74, 6) is -8.47. The van der Waals surface area contributed by atoms with E-state index in [0.29, 0.717) is 57.4 Å². The number of carbonyl (C=O) groups excluding carboxylic acids is 1. The molecule has 4 heterocycles. The molecule has 2 aliphatic heterocycles. The number of nitrogens with zero attached hydrogens (tertiary/aromatic N) is 6. The summed E-state index contributed by atoms with van der Waals surface area (Å²) in [5.41, 5.74) is 13.7. The molecule has 344 valence electrons. The number of hydrogen-bond acceptors (Lipinski definition) is 9. The van der Waals surface area contributed by atoms with E-state index >= 15 is 0 Å². The molecular formula is C43H46F10N10O. The molecule has 0 bridgehead atoms. The third-order valence-electron chi connectivity index (χ3n) is 11.8. The number of rotatable bonds is 6. The first-order chi connectivity index (χ1) is 30.1. The summed E-state index contributed by atoms with van der Waals surface area (Å²) in [5, 5.41) is 24.8. The van der Waals surface area contributed by atoms with Crippen LogP contribution in [0.2, 0.25) is 0 Å². The molecule has 11 nitrogen and oxygen atoms in total. The lowest BCUT2D eigenvalue weighted by Crippen LogP contribution is -2.56. The van der Waals surface area contributed by atoms with Crippen LogP contribution in [0.1, 0.15) is 49.7 Å². The Labute approximate surface area is 361 Å². The average Bonchev–Trinajstić information content (AvgIpc) is 3.22. The first-order valence-electron chi connectivity index (χ1n) is 20.5. The van der Waals surface area contributed by atoms with Gasteiger partial charge in [-0.05, 0) is 79.8 Å². The van der Waals surface area contributed by atoms with Crippen LogP contribution in [0.15, 0.2) is 60.9 Å². The van der Waals surface area contributed by atoms with E-state index in [1.807, 2.05) is 6.07 Å². The third-order valence-corrected chi connectivity index (χ3v) is 11.8. The summed E-state index contributed by atoms with van der Waals surface area (Å²) in [7, 11) is 0. The van der Waals surface area contributed by atoms with Gasteiger partial charge < -0.3 is 31.9 Å². The number of alkyl halides is 10. The number of nitrogens with one attached hydrogen (secondary N) is 2. The monoisotopic (exact) mass is 908 g/mol. The number of carbonyl (C=O) groups is 1. The summed E-state index contributed by atoms with van der Waals surface area (Å²) in [6, 6.07) is 15.2. The number of benzene rings is 2. The van der Waals surface area contributed by atoms with Gasteiger partial charge in [0, 0.05) is 105 Å². The Hall–Kier alpha value is -5.67. The molecule has 21 heteroatoms. The first kappa shape index (κ1) is 47.8. The van der Waals surface area contributed by atoms with Crippen molar-refractivity contribution in [2.24, 2.45) is 35.1 Å². The van der Waals surface area contributed by atoms with Gasteiger partial charge in [-0.15, -0.1) is 0 Å². The van der Waals surface area contributed by atoms with E-state index in [-0.39, 0.29) is 76.5 Å². The van der Waals surface area contributed by atoms with Gasteiger partial charge in [0.15, 0.2) is 0 Å². The Bertz CT molecular complexity index is 2350. The Morgan fingerprint density at radius 1 is 0.719 bits per heavy atom. The molecule has 2 saturated heterocycles. The topological polar surface area (TPSA) is 173 Å². The molecule has 8 rings (SSSR count). The minimum absolute atomic E-state index is 0.00347. The lowest BCUT2D eigenvalue weighted by molar-refractivity contribution is -0.177. The second kappa shape index (κ2) is 19.2. The van der Waals surface area contributed by atoms with Crippen LogP contribution in [0.3, 0.4) is 0 Å². The van der Waals surface area contributed by atoms with E-state index in [1.165, 1.54) is 12.3 Å².